The first-order valence-corrected chi connectivity index (χ1v) is 5.46. The molecule has 0 fully saturated rings. The average molecular weight is 260 g/mol. The summed E-state index contributed by atoms with van der Waals surface area (Å²) in [6, 6.07) is 1.51. The van der Waals surface area contributed by atoms with Gasteiger partial charge in [-0.1, -0.05) is 5.16 Å². The molecule has 1 rings (SSSR count). The van der Waals surface area contributed by atoms with E-state index < -0.39 is 0 Å². The molecule has 0 aliphatic heterocycles. The van der Waals surface area contributed by atoms with Gasteiger partial charge >= 0.3 is 0 Å². The SMILES string of the molecule is CCN(CC/C(N)=N/O)C(=O)c1ccoc1Cl. The standard InChI is InChI=1S/C10H14ClN3O3/c1-2-14(5-3-8(12)13-16)10(15)7-4-6-17-9(7)11/h4,6,16H,2-3,5H2,1H3,(H2,12,13). The Bertz CT molecular complexity index is 417. The van der Waals surface area contributed by atoms with E-state index in [2.05, 4.69) is 5.16 Å². The van der Waals surface area contributed by atoms with Crippen LogP contribution in [0.5, 0.6) is 0 Å². The maximum atomic E-state index is 12.0. The summed E-state index contributed by atoms with van der Waals surface area (Å²) < 4.78 is 4.86. The number of hydrogen-bond acceptors (Lipinski definition) is 4. The number of carbonyl (C=O) groups is 1. The van der Waals surface area contributed by atoms with Crippen LogP contribution in [0.3, 0.4) is 0 Å². The topological polar surface area (TPSA) is 92.1 Å². The summed E-state index contributed by atoms with van der Waals surface area (Å²) in [4.78, 5) is 13.5. The van der Waals surface area contributed by atoms with E-state index in [-0.39, 0.29) is 17.0 Å². The summed E-state index contributed by atoms with van der Waals surface area (Å²) in [5.41, 5.74) is 5.66. The predicted molar refractivity (Wildman–Crippen MR) is 63.3 cm³/mol. The van der Waals surface area contributed by atoms with Gasteiger partial charge in [-0.15, -0.1) is 0 Å². The summed E-state index contributed by atoms with van der Waals surface area (Å²) in [6.45, 7) is 2.68. The summed E-state index contributed by atoms with van der Waals surface area (Å²) in [5.74, 6) is -0.161. The molecule has 0 spiro atoms. The summed E-state index contributed by atoms with van der Waals surface area (Å²) in [5, 5.41) is 11.3. The fourth-order valence-electron chi connectivity index (χ4n) is 1.32. The Morgan fingerprint density at radius 3 is 2.88 bits per heavy atom. The number of nitrogens with two attached hydrogens (primary N) is 1. The van der Waals surface area contributed by atoms with Crippen LogP contribution in [0.15, 0.2) is 21.9 Å². The number of rotatable bonds is 5. The first-order valence-electron chi connectivity index (χ1n) is 5.08. The van der Waals surface area contributed by atoms with E-state index in [1.165, 1.54) is 17.2 Å². The number of amidine groups is 1. The number of halogens is 1. The molecule has 3 N–H and O–H groups in total. The second kappa shape index (κ2) is 6.15. The van der Waals surface area contributed by atoms with Crippen LogP contribution < -0.4 is 5.73 Å². The number of amides is 1. The fourth-order valence-corrected chi connectivity index (χ4v) is 1.51. The Hall–Kier alpha value is -1.69. The van der Waals surface area contributed by atoms with Crippen LogP contribution in [0.4, 0.5) is 0 Å². The average Bonchev–Trinajstić information content (AvgIpc) is 2.75. The predicted octanol–water partition coefficient (Wildman–Crippen LogP) is 1.53. The molecule has 1 amide bonds. The molecule has 1 heterocycles. The van der Waals surface area contributed by atoms with Crippen LogP contribution >= 0.6 is 11.6 Å². The minimum atomic E-state index is -0.239. The molecule has 1 aromatic rings. The van der Waals surface area contributed by atoms with E-state index in [1.54, 1.807) is 0 Å². The first kappa shape index (κ1) is 13.4. The van der Waals surface area contributed by atoms with Gasteiger partial charge < -0.3 is 20.3 Å². The van der Waals surface area contributed by atoms with Crippen molar-refractivity contribution in [2.45, 2.75) is 13.3 Å². The molecule has 94 valence electrons. The van der Waals surface area contributed by atoms with Crippen molar-refractivity contribution in [2.24, 2.45) is 10.9 Å². The molecule has 7 heteroatoms. The first-order chi connectivity index (χ1) is 8.10. The largest absolute Gasteiger partial charge is 0.452 e. The van der Waals surface area contributed by atoms with Crippen LogP contribution in [0.1, 0.15) is 23.7 Å². The molecule has 0 atom stereocenters. The molecule has 0 aromatic carbocycles. The third-order valence-electron chi connectivity index (χ3n) is 2.28. The highest BCUT2D eigenvalue weighted by atomic mass is 35.5. The zero-order chi connectivity index (χ0) is 12.8. The zero-order valence-corrected chi connectivity index (χ0v) is 10.1. The van der Waals surface area contributed by atoms with Crippen molar-refractivity contribution in [1.29, 1.82) is 0 Å². The Morgan fingerprint density at radius 2 is 2.41 bits per heavy atom. The van der Waals surface area contributed by atoms with Gasteiger partial charge in [0.05, 0.1) is 11.8 Å². The quantitative estimate of drug-likeness (QED) is 0.363. The van der Waals surface area contributed by atoms with Crippen LogP contribution in [0.25, 0.3) is 0 Å². The van der Waals surface area contributed by atoms with Gasteiger partial charge in [-0.3, -0.25) is 4.79 Å². The second-order valence-corrected chi connectivity index (χ2v) is 3.68. The van der Waals surface area contributed by atoms with E-state index >= 15 is 0 Å². The van der Waals surface area contributed by atoms with E-state index in [1.807, 2.05) is 6.92 Å². The van der Waals surface area contributed by atoms with Crippen molar-refractivity contribution < 1.29 is 14.4 Å². The Labute approximate surface area is 104 Å². The van der Waals surface area contributed by atoms with Crippen LogP contribution in [0.2, 0.25) is 5.22 Å². The molecule has 1 aromatic heterocycles. The molecule has 0 aliphatic rings. The monoisotopic (exact) mass is 259 g/mol. The zero-order valence-electron chi connectivity index (χ0n) is 9.39. The molecule has 0 unspecified atom stereocenters. The van der Waals surface area contributed by atoms with Crippen LogP contribution in [0, 0.1) is 0 Å². The van der Waals surface area contributed by atoms with Gasteiger partial charge in [0.15, 0.2) is 0 Å². The molecule has 0 saturated carbocycles. The molecule has 17 heavy (non-hydrogen) atoms. The number of carbonyl (C=O) groups excluding carboxylic acids is 1. The van der Waals surface area contributed by atoms with Crippen molar-refractivity contribution in [3.63, 3.8) is 0 Å². The molecule has 0 aliphatic carbocycles. The minimum absolute atomic E-state index is 0.0669. The second-order valence-electron chi connectivity index (χ2n) is 3.33. The molecule has 0 saturated heterocycles. The Morgan fingerprint density at radius 1 is 1.71 bits per heavy atom. The molecule has 0 bridgehead atoms. The highest BCUT2D eigenvalue weighted by molar-refractivity contribution is 6.32. The molecule has 6 nitrogen and oxygen atoms in total. The van der Waals surface area contributed by atoms with Gasteiger partial charge in [0, 0.05) is 19.5 Å². The van der Waals surface area contributed by atoms with Gasteiger partial charge in [-0.2, -0.15) is 0 Å². The van der Waals surface area contributed by atoms with Crippen molar-refractivity contribution >= 4 is 23.3 Å². The van der Waals surface area contributed by atoms with Gasteiger partial charge in [0.1, 0.15) is 5.84 Å². The number of hydrogen-bond donors (Lipinski definition) is 2. The number of furan rings is 1. The van der Waals surface area contributed by atoms with E-state index in [0.29, 0.717) is 25.1 Å². The third kappa shape index (κ3) is 3.39. The van der Waals surface area contributed by atoms with E-state index in [9.17, 15) is 4.79 Å². The molecular formula is C10H14ClN3O3. The van der Waals surface area contributed by atoms with Gasteiger partial charge in [-0.05, 0) is 24.6 Å². The van der Waals surface area contributed by atoms with E-state index in [0.717, 1.165) is 0 Å². The summed E-state index contributed by atoms with van der Waals surface area (Å²) in [6.07, 6.45) is 1.65. The Balaban J connectivity index is 2.68. The maximum Gasteiger partial charge on any atom is 0.258 e. The smallest absolute Gasteiger partial charge is 0.258 e. The lowest BCUT2D eigenvalue weighted by molar-refractivity contribution is 0.0768. The highest BCUT2D eigenvalue weighted by Gasteiger charge is 2.19. The maximum absolute atomic E-state index is 12.0. The highest BCUT2D eigenvalue weighted by Crippen LogP contribution is 2.18. The van der Waals surface area contributed by atoms with Gasteiger partial charge in [0.25, 0.3) is 5.91 Å². The third-order valence-corrected chi connectivity index (χ3v) is 2.58. The van der Waals surface area contributed by atoms with E-state index in [4.69, 9.17) is 27.0 Å². The number of oxime groups is 1. The number of nitrogens with zero attached hydrogens (tertiary/aromatic N) is 2. The van der Waals surface area contributed by atoms with Crippen LogP contribution in [-0.2, 0) is 0 Å². The lowest BCUT2D eigenvalue weighted by Crippen LogP contribution is -2.33. The van der Waals surface area contributed by atoms with Gasteiger partial charge in [-0.25, -0.2) is 0 Å². The normalized spacial score (nSPS) is 11.5. The minimum Gasteiger partial charge on any atom is -0.452 e. The van der Waals surface area contributed by atoms with Crippen molar-refractivity contribution in [3.05, 3.63) is 23.1 Å². The lowest BCUT2D eigenvalue weighted by Gasteiger charge is -2.19. The van der Waals surface area contributed by atoms with Crippen LogP contribution in [-0.4, -0.2) is 34.9 Å². The summed E-state index contributed by atoms with van der Waals surface area (Å²) in [7, 11) is 0. The fraction of sp³-hybridized carbons (Fsp3) is 0.400. The van der Waals surface area contributed by atoms with Crippen molar-refractivity contribution in [3.8, 4) is 0 Å². The lowest BCUT2D eigenvalue weighted by atomic mass is 10.2. The molecule has 0 radical (unpaired) electrons. The van der Waals surface area contributed by atoms with Crippen molar-refractivity contribution in [1.82, 2.24) is 4.90 Å². The molecular weight excluding hydrogens is 246 g/mol. The van der Waals surface area contributed by atoms with Crippen molar-refractivity contribution in [2.75, 3.05) is 13.1 Å². The van der Waals surface area contributed by atoms with Gasteiger partial charge in [0.2, 0.25) is 5.22 Å². The Kier molecular flexibility index (Phi) is 4.84. The summed E-state index contributed by atoms with van der Waals surface area (Å²) >= 11 is 5.72.